The van der Waals surface area contributed by atoms with Crippen molar-refractivity contribution in [3.63, 3.8) is 0 Å². The van der Waals surface area contributed by atoms with Crippen molar-refractivity contribution in [1.29, 1.82) is 0 Å². The van der Waals surface area contributed by atoms with Gasteiger partial charge in [0.05, 0.1) is 6.54 Å². The highest BCUT2D eigenvalue weighted by molar-refractivity contribution is 5.80. The highest BCUT2D eigenvalue weighted by Gasteiger charge is 2.02. The van der Waals surface area contributed by atoms with Crippen LogP contribution in [0.4, 0.5) is 5.69 Å². The number of rotatable bonds is 8. The quantitative estimate of drug-likeness (QED) is 0.708. The van der Waals surface area contributed by atoms with Crippen LogP contribution in [0.25, 0.3) is 0 Å². The van der Waals surface area contributed by atoms with E-state index in [0.29, 0.717) is 19.7 Å². The number of amides is 1. The van der Waals surface area contributed by atoms with Gasteiger partial charge in [-0.15, -0.1) is 0 Å². The van der Waals surface area contributed by atoms with Gasteiger partial charge in [-0.1, -0.05) is 12.1 Å². The Labute approximate surface area is 115 Å². The van der Waals surface area contributed by atoms with Gasteiger partial charge in [0.2, 0.25) is 5.91 Å². The van der Waals surface area contributed by atoms with Crippen LogP contribution in [-0.2, 0) is 9.53 Å². The lowest BCUT2D eigenvalue weighted by Crippen LogP contribution is -2.31. The van der Waals surface area contributed by atoms with Gasteiger partial charge in [-0.3, -0.25) is 4.79 Å². The zero-order valence-electron chi connectivity index (χ0n) is 12.1. The van der Waals surface area contributed by atoms with E-state index < -0.39 is 0 Å². The third-order valence-electron chi connectivity index (χ3n) is 2.82. The maximum atomic E-state index is 11.6. The molecule has 0 unspecified atom stereocenters. The summed E-state index contributed by atoms with van der Waals surface area (Å²) in [5, 5.41) is 6.03. The number of nitrogens with one attached hydrogen (secondary N) is 2. The summed E-state index contributed by atoms with van der Waals surface area (Å²) in [6.07, 6.45) is 0.850. The van der Waals surface area contributed by atoms with Crippen LogP contribution in [0.2, 0.25) is 0 Å². The van der Waals surface area contributed by atoms with Crippen LogP contribution in [0, 0.1) is 13.8 Å². The van der Waals surface area contributed by atoms with Crippen molar-refractivity contribution in [3.8, 4) is 0 Å². The van der Waals surface area contributed by atoms with Crippen LogP contribution >= 0.6 is 0 Å². The first-order chi connectivity index (χ1) is 9.13. The number of hydrogen-bond donors (Lipinski definition) is 2. The lowest BCUT2D eigenvalue weighted by Gasteiger charge is -2.10. The van der Waals surface area contributed by atoms with Gasteiger partial charge in [-0.05, 0) is 44.4 Å². The second-order valence-corrected chi connectivity index (χ2v) is 4.57. The predicted molar refractivity (Wildman–Crippen MR) is 78.5 cm³/mol. The zero-order chi connectivity index (χ0) is 14.1. The molecule has 0 aliphatic rings. The van der Waals surface area contributed by atoms with Gasteiger partial charge in [-0.2, -0.15) is 0 Å². The Morgan fingerprint density at radius 3 is 2.84 bits per heavy atom. The van der Waals surface area contributed by atoms with Crippen molar-refractivity contribution in [2.45, 2.75) is 27.2 Å². The largest absolute Gasteiger partial charge is 0.382 e. The molecule has 0 aliphatic heterocycles. The molecule has 4 heteroatoms. The molecule has 1 aromatic rings. The summed E-state index contributed by atoms with van der Waals surface area (Å²) in [6, 6.07) is 6.17. The number of anilines is 1. The molecular weight excluding hydrogens is 240 g/mol. The molecule has 106 valence electrons. The monoisotopic (exact) mass is 264 g/mol. The molecule has 2 N–H and O–H groups in total. The second-order valence-electron chi connectivity index (χ2n) is 4.57. The average molecular weight is 264 g/mol. The van der Waals surface area contributed by atoms with E-state index in [4.69, 9.17) is 4.74 Å². The van der Waals surface area contributed by atoms with E-state index in [0.717, 1.165) is 24.3 Å². The Kier molecular flexibility index (Phi) is 6.97. The topological polar surface area (TPSA) is 50.4 Å². The second kappa shape index (κ2) is 8.53. The van der Waals surface area contributed by atoms with Gasteiger partial charge in [-0.25, -0.2) is 0 Å². The molecule has 19 heavy (non-hydrogen) atoms. The fourth-order valence-electron chi connectivity index (χ4n) is 1.71. The molecule has 0 aromatic heterocycles. The minimum absolute atomic E-state index is 0.0115. The molecular formula is C15H24N2O2. The molecule has 1 rings (SSSR count). The number of hydrogen-bond acceptors (Lipinski definition) is 3. The maximum Gasteiger partial charge on any atom is 0.239 e. The summed E-state index contributed by atoms with van der Waals surface area (Å²) >= 11 is 0. The van der Waals surface area contributed by atoms with Crippen molar-refractivity contribution in [3.05, 3.63) is 29.3 Å². The molecule has 0 fully saturated rings. The smallest absolute Gasteiger partial charge is 0.239 e. The van der Waals surface area contributed by atoms with E-state index in [-0.39, 0.29) is 5.91 Å². The predicted octanol–water partition coefficient (Wildman–Crippen LogP) is 2.26. The van der Waals surface area contributed by atoms with E-state index in [1.165, 1.54) is 5.56 Å². The highest BCUT2D eigenvalue weighted by atomic mass is 16.5. The average Bonchev–Trinajstić information content (AvgIpc) is 2.39. The normalized spacial score (nSPS) is 10.3. The van der Waals surface area contributed by atoms with Crippen LogP contribution in [0.3, 0.4) is 0 Å². The third kappa shape index (κ3) is 6.25. The Hall–Kier alpha value is -1.55. The van der Waals surface area contributed by atoms with E-state index in [1.54, 1.807) is 0 Å². The van der Waals surface area contributed by atoms with Gasteiger partial charge in [0.1, 0.15) is 0 Å². The van der Waals surface area contributed by atoms with E-state index in [1.807, 2.05) is 20.8 Å². The number of benzene rings is 1. The molecule has 0 saturated heterocycles. The molecule has 0 atom stereocenters. The molecule has 0 bridgehead atoms. The van der Waals surface area contributed by atoms with Crippen molar-refractivity contribution < 1.29 is 9.53 Å². The molecule has 0 spiro atoms. The lowest BCUT2D eigenvalue weighted by molar-refractivity contribution is -0.119. The number of aryl methyl sites for hydroxylation is 2. The van der Waals surface area contributed by atoms with Crippen molar-refractivity contribution >= 4 is 11.6 Å². The molecule has 0 aliphatic carbocycles. The summed E-state index contributed by atoms with van der Waals surface area (Å²) < 4.78 is 5.21. The Morgan fingerprint density at radius 1 is 1.32 bits per heavy atom. The van der Waals surface area contributed by atoms with Crippen LogP contribution in [0.5, 0.6) is 0 Å². The van der Waals surface area contributed by atoms with E-state index in [2.05, 4.69) is 28.8 Å². The van der Waals surface area contributed by atoms with Crippen LogP contribution < -0.4 is 10.6 Å². The molecule has 0 radical (unpaired) electrons. The van der Waals surface area contributed by atoms with E-state index >= 15 is 0 Å². The first-order valence-corrected chi connectivity index (χ1v) is 6.79. The summed E-state index contributed by atoms with van der Waals surface area (Å²) in [5.74, 6) is 0.0115. The van der Waals surface area contributed by atoms with E-state index in [9.17, 15) is 4.79 Å². The summed E-state index contributed by atoms with van der Waals surface area (Å²) in [7, 11) is 0. The Bertz CT molecular complexity index is 405. The van der Waals surface area contributed by atoms with Gasteiger partial charge in [0, 0.05) is 25.4 Å². The SMILES string of the molecule is CCOCCCNC(=O)CNc1cc(C)ccc1C. The Morgan fingerprint density at radius 2 is 2.11 bits per heavy atom. The minimum atomic E-state index is 0.0115. The van der Waals surface area contributed by atoms with Crippen molar-refractivity contribution in [1.82, 2.24) is 5.32 Å². The molecule has 0 heterocycles. The molecule has 4 nitrogen and oxygen atoms in total. The summed E-state index contributed by atoms with van der Waals surface area (Å²) in [6.45, 7) is 8.42. The fraction of sp³-hybridized carbons (Fsp3) is 0.533. The number of ether oxygens (including phenoxy) is 1. The third-order valence-corrected chi connectivity index (χ3v) is 2.82. The summed E-state index contributed by atoms with van der Waals surface area (Å²) in [4.78, 5) is 11.6. The first-order valence-electron chi connectivity index (χ1n) is 6.79. The van der Waals surface area contributed by atoms with Gasteiger partial charge in [0.25, 0.3) is 0 Å². The molecule has 0 saturated carbocycles. The lowest BCUT2D eigenvalue weighted by atomic mass is 10.1. The zero-order valence-corrected chi connectivity index (χ0v) is 12.1. The number of carbonyl (C=O) groups is 1. The molecule has 1 amide bonds. The van der Waals surface area contributed by atoms with Gasteiger partial charge in [0.15, 0.2) is 0 Å². The number of carbonyl (C=O) groups excluding carboxylic acids is 1. The van der Waals surface area contributed by atoms with Crippen LogP contribution in [0.15, 0.2) is 18.2 Å². The first kappa shape index (κ1) is 15.5. The maximum absolute atomic E-state index is 11.6. The van der Waals surface area contributed by atoms with Gasteiger partial charge >= 0.3 is 0 Å². The highest BCUT2D eigenvalue weighted by Crippen LogP contribution is 2.15. The van der Waals surface area contributed by atoms with Crippen molar-refractivity contribution in [2.24, 2.45) is 0 Å². The van der Waals surface area contributed by atoms with Crippen LogP contribution in [-0.4, -0.2) is 32.2 Å². The summed E-state index contributed by atoms with van der Waals surface area (Å²) in [5.41, 5.74) is 3.35. The Balaban J connectivity index is 2.24. The van der Waals surface area contributed by atoms with Crippen LogP contribution in [0.1, 0.15) is 24.5 Å². The fourth-order valence-corrected chi connectivity index (χ4v) is 1.71. The standard InChI is InChI=1S/C15H24N2O2/c1-4-19-9-5-8-16-15(18)11-17-14-10-12(2)6-7-13(14)3/h6-7,10,17H,4-5,8-9,11H2,1-3H3,(H,16,18). The van der Waals surface area contributed by atoms with Crippen molar-refractivity contribution in [2.75, 3.05) is 31.6 Å². The minimum Gasteiger partial charge on any atom is -0.382 e. The van der Waals surface area contributed by atoms with Gasteiger partial charge < -0.3 is 15.4 Å². The molecule has 1 aromatic carbocycles.